The predicted molar refractivity (Wildman–Crippen MR) is 79.4 cm³/mol. The topological polar surface area (TPSA) is 52.6 Å². The van der Waals surface area contributed by atoms with E-state index in [2.05, 4.69) is 4.74 Å². The number of benzene rings is 1. The minimum Gasteiger partial charge on any atom is -0.487 e. The van der Waals surface area contributed by atoms with Crippen molar-refractivity contribution in [3.63, 3.8) is 0 Å². The van der Waals surface area contributed by atoms with Gasteiger partial charge >= 0.3 is 5.97 Å². The van der Waals surface area contributed by atoms with Gasteiger partial charge in [-0.2, -0.15) is 4.39 Å². The molecule has 23 heavy (non-hydrogen) atoms. The third-order valence-electron chi connectivity index (χ3n) is 4.20. The number of carbonyl (C=O) groups excluding carboxylic acids is 2. The van der Waals surface area contributed by atoms with Crippen LogP contribution in [0.4, 0.5) is 8.78 Å². The largest absolute Gasteiger partial charge is 0.487 e. The Hall–Kier alpha value is -1.98. The fourth-order valence-corrected chi connectivity index (χ4v) is 2.85. The summed E-state index contributed by atoms with van der Waals surface area (Å²) in [7, 11) is 1.36. The summed E-state index contributed by atoms with van der Waals surface area (Å²) in [6.07, 6.45) is 3.03. The summed E-state index contributed by atoms with van der Waals surface area (Å²) >= 11 is 0. The van der Waals surface area contributed by atoms with Crippen LogP contribution in [-0.4, -0.2) is 25.0 Å². The first-order valence-electron chi connectivity index (χ1n) is 7.64. The monoisotopic (exact) mass is 326 g/mol. The van der Waals surface area contributed by atoms with Gasteiger partial charge in [0.2, 0.25) is 5.82 Å². The van der Waals surface area contributed by atoms with Crippen LogP contribution in [0.25, 0.3) is 0 Å². The average Bonchev–Trinajstić information content (AvgIpc) is 2.53. The first kappa shape index (κ1) is 17.4. The van der Waals surface area contributed by atoms with Crippen LogP contribution in [0.5, 0.6) is 5.75 Å². The molecule has 126 valence electrons. The lowest BCUT2D eigenvalue weighted by Crippen LogP contribution is -2.26. The number of hydrogen-bond acceptors (Lipinski definition) is 4. The molecule has 1 fully saturated rings. The van der Waals surface area contributed by atoms with Crippen LogP contribution in [-0.2, 0) is 9.53 Å². The lowest BCUT2D eigenvalue weighted by molar-refractivity contribution is -0.142. The van der Waals surface area contributed by atoms with Gasteiger partial charge in [-0.1, -0.05) is 0 Å². The van der Waals surface area contributed by atoms with E-state index in [0.717, 1.165) is 12.8 Å². The van der Waals surface area contributed by atoms with Crippen LogP contribution in [0.2, 0.25) is 0 Å². The molecule has 1 aromatic rings. The van der Waals surface area contributed by atoms with Gasteiger partial charge in [0.05, 0.1) is 18.8 Å². The average molecular weight is 326 g/mol. The van der Waals surface area contributed by atoms with E-state index in [1.807, 2.05) is 0 Å². The van der Waals surface area contributed by atoms with Crippen molar-refractivity contribution in [1.82, 2.24) is 0 Å². The van der Waals surface area contributed by atoms with Gasteiger partial charge in [0.15, 0.2) is 17.3 Å². The molecule has 6 heteroatoms. The van der Waals surface area contributed by atoms with Gasteiger partial charge in [-0.15, -0.1) is 0 Å². The van der Waals surface area contributed by atoms with Crippen molar-refractivity contribution in [2.24, 2.45) is 5.92 Å². The SMILES string of the molecule is COC(=O)C[C@H]1CC[C@@H](Oc2ccc(C(C)=O)c(F)c2F)CC1. The summed E-state index contributed by atoms with van der Waals surface area (Å²) < 4.78 is 37.9. The quantitative estimate of drug-likeness (QED) is 0.612. The Morgan fingerprint density at radius 2 is 1.78 bits per heavy atom. The second-order valence-corrected chi connectivity index (χ2v) is 5.84. The molecule has 0 N–H and O–H groups in total. The molecule has 0 unspecified atom stereocenters. The molecule has 0 heterocycles. The van der Waals surface area contributed by atoms with Crippen molar-refractivity contribution in [1.29, 1.82) is 0 Å². The summed E-state index contributed by atoms with van der Waals surface area (Å²) in [5, 5.41) is 0. The third kappa shape index (κ3) is 4.27. The molecule has 0 spiro atoms. The van der Waals surface area contributed by atoms with E-state index in [9.17, 15) is 18.4 Å². The Balaban J connectivity index is 1.95. The van der Waals surface area contributed by atoms with E-state index in [1.165, 1.54) is 26.2 Å². The summed E-state index contributed by atoms with van der Waals surface area (Å²) in [6, 6.07) is 2.52. The zero-order valence-electron chi connectivity index (χ0n) is 13.2. The van der Waals surface area contributed by atoms with Gasteiger partial charge in [-0.25, -0.2) is 4.39 Å². The Labute approximate surface area is 133 Å². The molecule has 1 saturated carbocycles. The molecule has 1 aliphatic carbocycles. The maximum absolute atomic E-state index is 14.0. The lowest BCUT2D eigenvalue weighted by Gasteiger charge is -2.28. The second kappa shape index (κ2) is 7.53. The van der Waals surface area contributed by atoms with Crippen LogP contribution in [0, 0.1) is 17.6 Å². The standard InChI is InChI=1S/C17H20F2O4/c1-10(20)13-7-8-14(17(19)16(13)18)23-12-5-3-11(4-6-12)9-15(21)22-2/h7-8,11-12H,3-6,9H2,1-2H3/t11-,12+. The maximum atomic E-state index is 14.0. The van der Waals surface area contributed by atoms with Crippen molar-refractivity contribution in [3.8, 4) is 5.75 Å². The smallest absolute Gasteiger partial charge is 0.305 e. The first-order valence-corrected chi connectivity index (χ1v) is 7.64. The molecule has 0 radical (unpaired) electrons. The Bertz CT molecular complexity index is 593. The number of rotatable bonds is 5. The number of carbonyl (C=O) groups is 2. The van der Waals surface area contributed by atoms with Crippen LogP contribution in [0.1, 0.15) is 49.4 Å². The lowest BCUT2D eigenvalue weighted by atomic mass is 9.85. The van der Waals surface area contributed by atoms with E-state index in [-0.39, 0.29) is 29.3 Å². The Morgan fingerprint density at radius 3 is 2.35 bits per heavy atom. The number of Topliss-reactive ketones (excluding diaryl/α,β-unsaturated/α-hetero) is 1. The summed E-state index contributed by atoms with van der Waals surface area (Å²) in [4.78, 5) is 22.4. The molecule has 0 bridgehead atoms. The van der Waals surface area contributed by atoms with Crippen LogP contribution >= 0.6 is 0 Å². The predicted octanol–water partition coefficient (Wildman–Crippen LogP) is 3.67. The van der Waals surface area contributed by atoms with Crippen molar-refractivity contribution < 1.29 is 27.8 Å². The fourth-order valence-electron chi connectivity index (χ4n) is 2.85. The number of hydrogen-bond donors (Lipinski definition) is 0. The van der Waals surface area contributed by atoms with Crippen molar-refractivity contribution in [2.75, 3.05) is 7.11 Å². The molecule has 0 amide bonds. The number of methoxy groups -OCH3 is 1. The highest BCUT2D eigenvalue weighted by molar-refractivity contribution is 5.94. The van der Waals surface area contributed by atoms with E-state index >= 15 is 0 Å². The normalized spacial score (nSPS) is 20.9. The molecule has 0 aromatic heterocycles. The van der Waals surface area contributed by atoms with E-state index in [1.54, 1.807) is 0 Å². The van der Waals surface area contributed by atoms with Gasteiger partial charge < -0.3 is 9.47 Å². The van der Waals surface area contributed by atoms with Gasteiger partial charge in [-0.05, 0) is 50.7 Å². The van der Waals surface area contributed by atoms with Gasteiger partial charge in [0.1, 0.15) is 0 Å². The molecule has 1 aromatic carbocycles. The summed E-state index contributed by atoms with van der Waals surface area (Å²) in [5.74, 6) is -3.00. The van der Waals surface area contributed by atoms with E-state index in [0.29, 0.717) is 19.3 Å². The number of esters is 1. The molecular formula is C17H20F2O4. The van der Waals surface area contributed by atoms with Gasteiger partial charge in [0.25, 0.3) is 0 Å². The zero-order chi connectivity index (χ0) is 17.0. The van der Waals surface area contributed by atoms with Gasteiger partial charge in [0, 0.05) is 6.42 Å². The summed E-state index contributed by atoms with van der Waals surface area (Å²) in [6.45, 7) is 1.18. The highest BCUT2D eigenvalue weighted by atomic mass is 19.2. The molecule has 4 nitrogen and oxygen atoms in total. The van der Waals surface area contributed by atoms with Crippen molar-refractivity contribution >= 4 is 11.8 Å². The van der Waals surface area contributed by atoms with Crippen molar-refractivity contribution in [3.05, 3.63) is 29.3 Å². The van der Waals surface area contributed by atoms with Gasteiger partial charge in [-0.3, -0.25) is 9.59 Å². The Morgan fingerprint density at radius 1 is 1.13 bits per heavy atom. The molecule has 0 atom stereocenters. The van der Waals surface area contributed by atoms with Crippen LogP contribution in [0.15, 0.2) is 12.1 Å². The van der Waals surface area contributed by atoms with Crippen LogP contribution < -0.4 is 4.74 Å². The maximum Gasteiger partial charge on any atom is 0.305 e. The van der Waals surface area contributed by atoms with E-state index < -0.39 is 17.4 Å². The highest BCUT2D eigenvalue weighted by Crippen LogP contribution is 2.31. The minimum atomic E-state index is -1.17. The molecule has 1 aliphatic rings. The third-order valence-corrected chi connectivity index (χ3v) is 4.20. The number of ketones is 1. The first-order chi connectivity index (χ1) is 10.9. The summed E-state index contributed by atoms with van der Waals surface area (Å²) in [5.41, 5.74) is -0.281. The number of halogens is 2. The number of ether oxygens (including phenoxy) is 2. The van der Waals surface area contributed by atoms with Crippen LogP contribution in [0.3, 0.4) is 0 Å². The highest BCUT2D eigenvalue weighted by Gasteiger charge is 2.26. The Kier molecular flexibility index (Phi) is 5.69. The molecule has 2 rings (SSSR count). The van der Waals surface area contributed by atoms with Crippen molar-refractivity contribution in [2.45, 2.75) is 45.1 Å². The fraction of sp³-hybridized carbons (Fsp3) is 0.529. The molecule has 0 saturated heterocycles. The molecule has 0 aliphatic heterocycles. The van der Waals surface area contributed by atoms with E-state index in [4.69, 9.17) is 4.74 Å². The minimum absolute atomic E-state index is 0.177. The second-order valence-electron chi connectivity index (χ2n) is 5.84. The zero-order valence-corrected chi connectivity index (χ0v) is 13.2. The molecular weight excluding hydrogens is 306 g/mol.